The molecule has 0 saturated carbocycles. The van der Waals surface area contributed by atoms with Crippen LogP contribution in [0.15, 0.2) is 53.4 Å². The summed E-state index contributed by atoms with van der Waals surface area (Å²) in [5, 5.41) is 3.35. The van der Waals surface area contributed by atoms with Gasteiger partial charge < -0.3 is 2.85 Å². The van der Waals surface area contributed by atoms with E-state index in [1.54, 1.807) is 19.1 Å². The minimum atomic E-state index is -4.23. The molecule has 0 atom stereocenters. The molecule has 20 heavy (non-hydrogen) atoms. The summed E-state index contributed by atoms with van der Waals surface area (Å²) >= 11 is 0. The van der Waals surface area contributed by atoms with Crippen molar-refractivity contribution in [2.75, 3.05) is 0 Å². The Kier molecular flexibility index (Phi) is 4.42. The largest absolute Gasteiger partial charge is 2.00 e. The molecule has 3 aromatic rings. The van der Waals surface area contributed by atoms with Gasteiger partial charge in [0.1, 0.15) is 4.90 Å². The van der Waals surface area contributed by atoms with E-state index in [4.69, 9.17) is 0 Å². The van der Waals surface area contributed by atoms with Crippen LogP contribution in [0, 0.1) is 6.92 Å². The Labute approximate surface area is 150 Å². The van der Waals surface area contributed by atoms with Crippen molar-refractivity contribution in [3.63, 3.8) is 0 Å². The number of hydrogen-bond donors (Lipinski definition) is 1. The minimum absolute atomic E-state index is 0. The average Bonchev–Trinajstić information content (AvgIpc) is 2.34. The molecule has 0 bridgehead atoms. The number of hydrogen-bond acceptors (Lipinski definition) is 2. The van der Waals surface area contributed by atoms with Crippen molar-refractivity contribution in [2.24, 2.45) is 0 Å². The van der Waals surface area contributed by atoms with Crippen LogP contribution in [-0.4, -0.2) is 50.7 Å². The fourth-order valence-corrected chi connectivity index (χ4v) is 3.37. The molecule has 0 heterocycles. The third-order valence-corrected chi connectivity index (χ3v) is 4.35. The molecule has 0 aromatic heterocycles. The van der Waals surface area contributed by atoms with Crippen LogP contribution in [0.1, 0.15) is 8.42 Å². The fraction of sp³-hybridized carbons (Fsp3) is 0.0667. The van der Waals surface area contributed by atoms with Crippen LogP contribution in [-0.2, 0) is 10.1 Å². The second kappa shape index (κ2) is 5.62. The quantitative estimate of drug-likeness (QED) is 0.425. The van der Waals surface area contributed by atoms with Crippen molar-refractivity contribution < 1.29 is 15.8 Å². The maximum atomic E-state index is 11.6. The summed E-state index contributed by atoms with van der Waals surface area (Å²) < 4.78 is 32.5. The third kappa shape index (κ3) is 2.71. The summed E-state index contributed by atoms with van der Waals surface area (Å²) in [5.41, 5.74) is 0.547. The zero-order valence-electron chi connectivity index (χ0n) is 13.0. The van der Waals surface area contributed by atoms with Crippen molar-refractivity contribution >= 4 is 69.4 Å². The molecule has 0 aliphatic rings. The molecular formula is C15H14CaO3S. The number of benzene rings is 3. The van der Waals surface area contributed by atoms with Gasteiger partial charge in [0.15, 0.2) is 0 Å². The van der Waals surface area contributed by atoms with Crippen molar-refractivity contribution in [1.82, 2.24) is 0 Å². The van der Waals surface area contributed by atoms with Gasteiger partial charge in [-0.05, 0) is 40.8 Å². The smallest absolute Gasteiger partial charge is 1.00 e. The van der Waals surface area contributed by atoms with Crippen LogP contribution in [0.25, 0.3) is 21.5 Å². The summed E-state index contributed by atoms with van der Waals surface area (Å²) in [4.78, 5) is -0.00393. The van der Waals surface area contributed by atoms with E-state index in [9.17, 15) is 13.0 Å². The van der Waals surface area contributed by atoms with Crippen LogP contribution in [0.4, 0.5) is 0 Å². The van der Waals surface area contributed by atoms with Gasteiger partial charge in [-0.3, -0.25) is 4.55 Å². The molecule has 0 radical (unpaired) electrons. The SMILES string of the molecule is Cc1ccc2cc3ccccc3cc2c1S(=O)(=O)O.[Ca+2].[H-].[H-]. The van der Waals surface area contributed by atoms with E-state index < -0.39 is 10.1 Å². The predicted molar refractivity (Wildman–Crippen MR) is 84.0 cm³/mol. The van der Waals surface area contributed by atoms with Crippen molar-refractivity contribution in [3.8, 4) is 0 Å². The van der Waals surface area contributed by atoms with Gasteiger partial charge >= 0.3 is 37.7 Å². The Morgan fingerprint density at radius 1 is 0.950 bits per heavy atom. The van der Waals surface area contributed by atoms with Crippen LogP contribution >= 0.6 is 0 Å². The van der Waals surface area contributed by atoms with E-state index in [0.29, 0.717) is 10.9 Å². The van der Waals surface area contributed by atoms with Crippen LogP contribution < -0.4 is 0 Å². The van der Waals surface area contributed by atoms with E-state index in [1.807, 2.05) is 36.4 Å². The summed E-state index contributed by atoms with van der Waals surface area (Å²) in [5.74, 6) is 0. The van der Waals surface area contributed by atoms with Gasteiger partial charge in [0, 0.05) is 5.39 Å². The summed E-state index contributed by atoms with van der Waals surface area (Å²) in [6.45, 7) is 1.68. The Morgan fingerprint density at radius 2 is 1.55 bits per heavy atom. The van der Waals surface area contributed by atoms with Crippen molar-refractivity contribution in [2.45, 2.75) is 11.8 Å². The molecule has 0 saturated heterocycles. The van der Waals surface area contributed by atoms with E-state index in [0.717, 1.165) is 16.2 Å². The van der Waals surface area contributed by atoms with Gasteiger partial charge in [-0.2, -0.15) is 8.42 Å². The standard InChI is InChI=1S/C15H12O3S.Ca.2H/c1-10-6-7-13-8-11-4-2-3-5-12(11)9-14(13)15(10)19(16,17)18;;;/h2-9H,1H3,(H,16,17,18);;;/q;+2;2*-1. The fourth-order valence-electron chi connectivity index (χ4n) is 2.44. The molecule has 3 rings (SSSR count). The third-order valence-electron chi connectivity index (χ3n) is 3.29. The molecule has 100 valence electrons. The number of aryl methyl sites for hydroxylation is 1. The van der Waals surface area contributed by atoms with Gasteiger partial charge in [-0.1, -0.05) is 36.4 Å². The number of rotatable bonds is 1. The van der Waals surface area contributed by atoms with Crippen LogP contribution in [0.2, 0.25) is 0 Å². The Morgan fingerprint density at radius 3 is 2.15 bits per heavy atom. The maximum absolute atomic E-state index is 11.6. The van der Waals surface area contributed by atoms with Gasteiger partial charge in [0.25, 0.3) is 10.1 Å². The topological polar surface area (TPSA) is 54.4 Å². The van der Waals surface area contributed by atoms with Crippen LogP contribution in [0.5, 0.6) is 0 Å². The monoisotopic (exact) mass is 314 g/mol. The summed E-state index contributed by atoms with van der Waals surface area (Å²) in [6.07, 6.45) is 0. The molecule has 0 aliphatic carbocycles. The van der Waals surface area contributed by atoms with Gasteiger partial charge in [-0.15, -0.1) is 0 Å². The minimum Gasteiger partial charge on any atom is -1.00 e. The first-order chi connectivity index (χ1) is 8.97. The predicted octanol–water partition coefficient (Wildman–Crippen LogP) is 3.39. The summed E-state index contributed by atoms with van der Waals surface area (Å²) in [7, 11) is -4.23. The van der Waals surface area contributed by atoms with Crippen LogP contribution in [0.3, 0.4) is 0 Å². The van der Waals surface area contributed by atoms with Crippen molar-refractivity contribution in [1.29, 1.82) is 0 Å². The molecule has 0 unspecified atom stereocenters. The molecule has 0 fully saturated rings. The maximum Gasteiger partial charge on any atom is 2.00 e. The van der Waals surface area contributed by atoms with E-state index in [1.165, 1.54) is 0 Å². The van der Waals surface area contributed by atoms with Gasteiger partial charge in [-0.25, -0.2) is 0 Å². The molecule has 0 spiro atoms. The first kappa shape index (κ1) is 15.7. The van der Waals surface area contributed by atoms with E-state index in [2.05, 4.69) is 0 Å². The Hall–Kier alpha value is -0.650. The first-order valence-corrected chi connectivity index (χ1v) is 7.30. The van der Waals surface area contributed by atoms with Crippen molar-refractivity contribution in [3.05, 3.63) is 54.1 Å². The molecule has 1 N–H and O–H groups in total. The van der Waals surface area contributed by atoms with E-state index >= 15 is 0 Å². The molecule has 3 nitrogen and oxygen atoms in total. The molecule has 0 aliphatic heterocycles. The molecule has 5 heteroatoms. The van der Waals surface area contributed by atoms with Gasteiger partial charge in [0.2, 0.25) is 0 Å². The van der Waals surface area contributed by atoms with E-state index in [-0.39, 0.29) is 45.5 Å². The zero-order chi connectivity index (χ0) is 13.6. The molecule has 0 amide bonds. The average molecular weight is 314 g/mol. The normalized spacial score (nSPS) is 11.5. The Bertz CT molecular complexity index is 911. The molecular weight excluding hydrogens is 300 g/mol. The zero-order valence-corrected chi connectivity index (χ0v) is 14.0. The first-order valence-electron chi connectivity index (χ1n) is 5.86. The molecule has 3 aromatic carbocycles. The second-order valence-electron chi connectivity index (χ2n) is 4.61. The Balaban J connectivity index is 0.00000147. The van der Waals surface area contributed by atoms with Gasteiger partial charge in [0.05, 0.1) is 0 Å². The second-order valence-corrected chi connectivity index (χ2v) is 5.97. The number of fused-ring (bicyclic) bond motifs is 2. The summed E-state index contributed by atoms with van der Waals surface area (Å²) in [6, 6.07) is 15.0.